The molecule has 1 amide bonds. The summed E-state index contributed by atoms with van der Waals surface area (Å²) in [4.78, 5) is 13.5. The maximum absolute atomic E-state index is 11.4. The van der Waals surface area contributed by atoms with Crippen LogP contribution in [0.15, 0.2) is 0 Å². The van der Waals surface area contributed by atoms with Gasteiger partial charge in [0.15, 0.2) is 0 Å². The number of rotatable bonds is 7. The number of carbonyl (C=O) groups is 1. The topological polar surface area (TPSA) is 52.6 Å². The van der Waals surface area contributed by atoms with E-state index in [1.165, 1.54) is 12.8 Å². The summed E-state index contributed by atoms with van der Waals surface area (Å²) in [5.41, 5.74) is 0. The molecule has 0 spiro atoms. The highest BCUT2D eigenvalue weighted by molar-refractivity contribution is 5.78. The molecule has 1 atom stereocenters. The van der Waals surface area contributed by atoms with Crippen LogP contribution in [0.2, 0.25) is 0 Å². The van der Waals surface area contributed by atoms with Gasteiger partial charge in [0.25, 0.3) is 0 Å². The second kappa shape index (κ2) is 6.08. The average Bonchev–Trinajstić information content (AvgIpc) is 2.98. The Bertz CT molecular complexity index is 205. The fraction of sp³-hybridized carbons (Fsp3) is 0.909. The molecule has 1 fully saturated rings. The van der Waals surface area contributed by atoms with Crippen LogP contribution in [-0.4, -0.2) is 48.2 Å². The third-order valence-corrected chi connectivity index (χ3v) is 2.72. The van der Waals surface area contributed by atoms with Gasteiger partial charge in [0, 0.05) is 12.6 Å². The van der Waals surface area contributed by atoms with Gasteiger partial charge in [0.05, 0.1) is 12.6 Å². The summed E-state index contributed by atoms with van der Waals surface area (Å²) >= 11 is 0. The van der Waals surface area contributed by atoms with Crippen molar-refractivity contribution in [1.82, 2.24) is 10.2 Å². The van der Waals surface area contributed by atoms with Crippen molar-refractivity contribution in [3.63, 3.8) is 0 Å². The monoisotopic (exact) mass is 214 g/mol. The summed E-state index contributed by atoms with van der Waals surface area (Å²) in [7, 11) is 1.97. The lowest BCUT2D eigenvalue weighted by molar-refractivity contribution is -0.122. The Labute approximate surface area is 91.6 Å². The molecule has 4 nitrogen and oxygen atoms in total. The molecule has 1 aliphatic carbocycles. The average molecular weight is 214 g/mol. The van der Waals surface area contributed by atoms with Gasteiger partial charge < -0.3 is 10.4 Å². The third kappa shape index (κ3) is 5.14. The molecule has 1 saturated carbocycles. The number of nitrogens with zero attached hydrogens (tertiary/aromatic N) is 1. The smallest absolute Gasteiger partial charge is 0.234 e. The van der Waals surface area contributed by atoms with Crippen LogP contribution in [0.1, 0.15) is 32.6 Å². The summed E-state index contributed by atoms with van der Waals surface area (Å²) in [5.74, 6) is 0.0135. The van der Waals surface area contributed by atoms with Crippen molar-refractivity contribution in [2.24, 2.45) is 0 Å². The summed E-state index contributed by atoms with van der Waals surface area (Å²) in [6.45, 7) is 2.85. The summed E-state index contributed by atoms with van der Waals surface area (Å²) in [5, 5.41) is 12.2. The van der Waals surface area contributed by atoms with Crippen molar-refractivity contribution in [1.29, 1.82) is 0 Å². The SMILES string of the molecule is CCCC(O)CNC(=O)CN(C)C1CC1. The highest BCUT2D eigenvalue weighted by Gasteiger charge is 2.27. The van der Waals surface area contributed by atoms with Gasteiger partial charge in [0.2, 0.25) is 5.91 Å². The van der Waals surface area contributed by atoms with Crippen molar-refractivity contribution < 1.29 is 9.90 Å². The van der Waals surface area contributed by atoms with E-state index in [0.29, 0.717) is 19.1 Å². The molecule has 88 valence electrons. The molecule has 0 radical (unpaired) electrons. The Morgan fingerprint density at radius 2 is 2.27 bits per heavy atom. The van der Waals surface area contributed by atoms with Gasteiger partial charge in [0.1, 0.15) is 0 Å². The summed E-state index contributed by atoms with van der Waals surface area (Å²) in [6, 6.07) is 0.608. The molecule has 1 rings (SSSR count). The number of nitrogens with one attached hydrogen (secondary N) is 1. The van der Waals surface area contributed by atoms with E-state index in [1.54, 1.807) is 0 Å². The summed E-state index contributed by atoms with van der Waals surface area (Å²) in [6.07, 6.45) is 3.72. The molecule has 15 heavy (non-hydrogen) atoms. The maximum Gasteiger partial charge on any atom is 0.234 e. The third-order valence-electron chi connectivity index (χ3n) is 2.72. The predicted molar refractivity (Wildman–Crippen MR) is 59.6 cm³/mol. The van der Waals surface area contributed by atoms with Crippen molar-refractivity contribution in [3.8, 4) is 0 Å². The van der Waals surface area contributed by atoms with Gasteiger partial charge in [-0.2, -0.15) is 0 Å². The minimum absolute atomic E-state index is 0.0135. The normalized spacial score (nSPS) is 17.9. The first-order valence-electron chi connectivity index (χ1n) is 5.78. The summed E-state index contributed by atoms with van der Waals surface area (Å²) < 4.78 is 0. The molecule has 1 unspecified atom stereocenters. The minimum Gasteiger partial charge on any atom is -0.391 e. The van der Waals surface area contributed by atoms with Crippen LogP contribution in [-0.2, 0) is 4.79 Å². The van der Waals surface area contributed by atoms with Crippen LogP contribution >= 0.6 is 0 Å². The first kappa shape index (κ1) is 12.5. The van der Waals surface area contributed by atoms with E-state index < -0.39 is 6.10 Å². The van der Waals surface area contributed by atoms with Gasteiger partial charge in [-0.15, -0.1) is 0 Å². The van der Waals surface area contributed by atoms with Crippen LogP contribution in [0.5, 0.6) is 0 Å². The fourth-order valence-corrected chi connectivity index (χ4v) is 1.59. The molecule has 0 saturated heterocycles. The molecule has 4 heteroatoms. The van der Waals surface area contributed by atoms with Crippen molar-refractivity contribution in [2.75, 3.05) is 20.1 Å². The Balaban J connectivity index is 2.06. The molecule has 0 aromatic carbocycles. The molecule has 0 aromatic heterocycles. The van der Waals surface area contributed by atoms with Crippen LogP contribution in [0.3, 0.4) is 0 Å². The Kier molecular flexibility index (Phi) is 5.05. The number of hydrogen-bond donors (Lipinski definition) is 2. The van der Waals surface area contributed by atoms with Gasteiger partial charge >= 0.3 is 0 Å². The molecular formula is C11H22N2O2. The second-order valence-electron chi connectivity index (χ2n) is 4.39. The second-order valence-corrected chi connectivity index (χ2v) is 4.39. The minimum atomic E-state index is -0.398. The number of aliphatic hydroxyl groups is 1. The van der Waals surface area contributed by atoms with Crippen molar-refractivity contribution >= 4 is 5.91 Å². The van der Waals surface area contributed by atoms with Crippen LogP contribution in [0.4, 0.5) is 0 Å². The van der Waals surface area contributed by atoms with E-state index >= 15 is 0 Å². The zero-order valence-corrected chi connectivity index (χ0v) is 9.70. The van der Waals surface area contributed by atoms with Gasteiger partial charge in [-0.3, -0.25) is 9.69 Å². The van der Waals surface area contributed by atoms with Crippen molar-refractivity contribution in [3.05, 3.63) is 0 Å². The lowest BCUT2D eigenvalue weighted by Gasteiger charge is -2.16. The van der Waals surface area contributed by atoms with E-state index in [2.05, 4.69) is 10.2 Å². The van der Waals surface area contributed by atoms with Gasteiger partial charge in [-0.1, -0.05) is 13.3 Å². The molecule has 0 heterocycles. The number of hydrogen-bond acceptors (Lipinski definition) is 3. The predicted octanol–water partition coefficient (Wildman–Crippen LogP) is 0.358. The zero-order valence-electron chi connectivity index (χ0n) is 9.70. The first-order chi connectivity index (χ1) is 7.13. The van der Waals surface area contributed by atoms with E-state index in [9.17, 15) is 9.90 Å². The Morgan fingerprint density at radius 1 is 1.60 bits per heavy atom. The van der Waals surface area contributed by atoms with E-state index in [-0.39, 0.29) is 5.91 Å². The molecular weight excluding hydrogens is 192 g/mol. The molecule has 2 N–H and O–H groups in total. The zero-order chi connectivity index (χ0) is 11.3. The first-order valence-corrected chi connectivity index (χ1v) is 5.78. The maximum atomic E-state index is 11.4. The highest BCUT2D eigenvalue weighted by atomic mass is 16.3. The van der Waals surface area contributed by atoms with E-state index in [4.69, 9.17) is 0 Å². The quantitative estimate of drug-likeness (QED) is 0.643. The standard InChI is InChI=1S/C11H22N2O2/c1-3-4-10(14)7-12-11(15)8-13(2)9-5-6-9/h9-10,14H,3-8H2,1-2H3,(H,12,15). The van der Waals surface area contributed by atoms with Crippen LogP contribution in [0, 0.1) is 0 Å². The van der Waals surface area contributed by atoms with Crippen LogP contribution in [0.25, 0.3) is 0 Å². The fourth-order valence-electron chi connectivity index (χ4n) is 1.59. The van der Waals surface area contributed by atoms with Crippen LogP contribution < -0.4 is 5.32 Å². The lowest BCUT2D eigenvalue weighted by atomic mass is 10.2. The molecule has 0 aromatic rings. The highest BCUT2D eigenvalue weighted by Crippen LogP contribution is 2.24. The van der Waals surface area contributed by atoms with Crippen molar-refractivity contribution in [2.45, 2.75) is 44.8 Å². The Hall–Kier alpha value is -0.610. The number of likely N-dealkylation sites (N-methyl/N-ethyl adjacent to an activating group) is 1. The molecule has 1 aliphatic rings. The van der Waals surface area contributed by atoms with E-state index in [1.807, 2.05) is 14.0 Å². The van der Waals surface area contributed by atoms with Gasteiger partial charge in [-0.05, 0) is 26.3 Å². The Morgan fingerprint density at radius 3 is 2.80 bits per heavy atom. The number of amides is 1. The lowest BCUT2D eigenvalue weighted by Crippen LogP contribution is -2.39. The molecule has 0 bridgehead atoms. The molecule has 0 aliphatic heterocycles. The largest absolute Gasteiger partial charge is 0.391 e. The number of aliphatic hydroxyl groups excluding tert-OH is 1. The van der Waals surface area contributed by atoms with E-state index in [0.717, 1.165) is 12.8 Å². The number of carbonyl (C=O) groups excluding carboxylic acids is 1. The van der Waals surface area contributed by atoms with Gasteiger partial charge in [-0.25, -0.2) is 0 Å².